The van der Waals surface area contributed by atoms with Crippen LogP contribution in [0.4, 0.5) is 15.8 Å². The summed E-state index contributed by atoms with van der Waals surface area (Å²) < 4.78 is 13.5. The predicted octanol–water partition coefficient (Wildman–Crippen LogP) is 3.66. The van der Waals surface area contributed by atoms with Crippen LogP contribution in [0, 0.1) is 5.82 Å². The molecule has 6 heteroatoms. The molecule has 1 fully saturated rings. The Morgan fingerprint density at radius 3 is 2.24 bits per heavy atom. The summed E-state index contributed by atoms with van der Waals surface area (Å²) in [5.74, 6) is -1.05. The Hall–Kier alpha value is -3.15. The van der Waals surface area contributed by atoms with Gasteiger partial charge in [0, 0.05) is 32.9 Å². The van der Waals surface area contributed by atoms with Crippen LogP contribution in [0.1, 0.15) is 24.8 Å². The van der Waals surface area contributed by atoms with Gasteiger partial charge in [-0.3, -0.25) is 9.59 Å². The highest BCUT2D eigenvalue weighted by Gasteiger charge is 2.42. The Bertz CT molecular complexity index is 976. The first kappa shape index (κ1) is 19.2. The number of carbonyl (C=O) groups is 2. The number of hydrogen-bond acceptors (Lipinski definition) is 4. The lowest BCUT2D eigenvalue weighted by Gasteiger charge is -2.29. The van der Waals surface area contributed by atoms with Gasteiger partial charge in [0.15, 0.2) is 0 Å². The van der Waals surface area contributed by atoms with Gasteiger partial charge in [0.25, 0.3) is 11.8 Å². The third-order valence-electron chi connectivity index (χ3n) is 5.47. The number of likely N-dealkylation sites (tertiary alicyclic amines) is 1. The molecule has 29 heavy (non-hydrogen) atoms. The molecule has 4 rings (SSSR count). The van der Waals surface area contributed by atoms with Crippen molar-refractivity contribution in [1.29, 1.82) is 0 Å². The zero-order chi connectivity index (χ0) is 20.5. The maximum absolute atomic E-state index is 13.5. The molecule has 0 bridgehead atoms. The molecule has 2 heterocycles. The smallest absolute Gasteiger partial charge is 0.282 e. The zero-order valence-electron chi connectivity index (χ0n) is 16.7. The number of piperidine rings is 1. The van der Waals surface area contributed by atoms with Crippen LogP contribution in [0.5, 0.6) is 0 Å². The highest BCUT2D eigenvalue weighted by Crippen LogP contribution is 2.36. The highest BCUT2D eigenvalue weighted by atomic mass is 19.1. The van der Waals surface area contributed by atoms with Gasteiger partial charge in [-0.25, -0.2) is 9.29 Å². The summed E-state index contributed by atoms with van der Waals surface area (Å²) in [5, 5.41) is 0. The second-order valence-corrected chi connectivity index (χ2v) is 7.64. The fourth-order valence-electron chi connectivity index (χ4n) is 3.95. The lowest BCUT2D eigenvalue weighted by molar-refractivity contribution is -0.120. The minimum Gasteiger partial charge on any atom is -0.378 e. The lowest BCUT2D eigenvalue weighted by Crippen LogP contribution is -2.37. The van der Waals surface area contributed by atoms with Gasteiger partial charge >= 0.3 is 0 Å². The third-order valence-corrected chi connectivity index (χ3v) is 5.47. The molecular formula is C23H24FN3O2. The molecule has 0 aliphatic carbocycles. The minimum absolute atomic E-state index is 0.313. The Morgan fingerprint density at radius 1 is 0.897 bits per heavy atom. The minimum atomic E-state index is -0.374. The number of carbonyl (C=O) groups excluding carboxylic acids is 2. The van der Waals surface area contributed by atoms with E-state index in [-0.39, 0.29) is 17.6 Å². The molecule has 0 aromatic heterocycles. The predicted molar refractivity (Wildman–Crippen MR) is 112 cm³/mol. The Balaban J connectivity index is 1.81. The van der Waals surface area contributed by atoms with Crippen LogP contribution in [0.2, 0.25) is 0 Å². The van der Waals surface area contributed by atoms with Crippen molar-refractivity contribution in [3.63, 3.8) is 0 Å². The summed E-state index contributed by atoms with van der Waals surface area (Å²) in [6.45, 7) is 1.48. The van der Waals surface area contributed by atoms with Gasteiger partial charge in [-0.15, -0.1) is 0 Å². The first-order chi connectivity index (χ1) is 14.0. The molecule has 2 aliphatic rings. The van der Waals surface area contributed by atoms with Crippen molar-refractivity contribution in [3.05, 3.63) is 65.6 Å². The Morgan fingerprint density at radius 2 is 1.59 bits per heavy atom. The van der Waals surface area contributed by atoms with E-state index in [9.17, 15) is 14.0 Å². The molecule has 2 aliphatic heterocycles. The maximum atomic E-state index is 13.5. The van der Waals surface area contributed by atoms with E-state index in [1.165, 1.54) is 17.0 Å². The van der Waals surface area contributed by atoms with Gasteiger partial charge in [0.05, 0.1) is 11.3 Å². The molecule has 0 saturated carbocycles. The average Bonchev–Trinajstić information content (AvgIpc) is 2.99. The molecule has 2 amide bonds. The van der Waals surface area contributed by atoms with E-state index in [0.29, 0.717) is 22.5 Å². The van der Waals surface area contributed by atoms with Gasteiger partial charge in [0.2, 0.25) is 0 Å². The van der Waals surface area contributed by atoms with Gasteiger partial charge in [-0.2, -0.15) is 0 Å². The highest BCUT2D eigenvalue weighted by molar-refractivity contribution is 6.45. The number of amides is 2. The number of hydrogen-bond donors (Lipinski definition) is 0. The van der Waals surface area contributed by atoms with Crippen LogP contribution >= 0.6 is 0 Å². The molecule has 1 saturated heterocycles. The summed E-state index contributed by atoms with van der Waals surface area (Å²) in [6.07, 6.45) is 3.09. The quantitative estimate of drug-likeness (QED) is 0.744. The first-order valence-electron chi connectivity index (χ1n) is 9.88. The van der Waals surface area contributed by atoms with Crippen LogP contribution in [0.3, 0.4) is 0 Å². The van der Waals surface area contributed by atoms with Crippen LogP contribution in [-0.4, -0.2) is 43.9 Å². The Labute approximate surface area is 170 Å². The van der Waals surface area contributed by atoms with Crippen molar-refractivity contribution in [2.45, 2.75) is 19.3 Å². The van der Waals surface area contributed by atoms with E-state index in [2.05, 4.69) is 0 Å². The molecule has 0 radical (unpaired) electrons. The molecule has 0 N–H and O–H groups in total. The molecular weight excluding hydrogens is 369 g/mol. The van der Waals surface area contributed by atoms with Crippen molar-refractivity contribution in [1.82, 2.24) is 4.90 Å². The summed E-state index contributed by atoms with van der Waals surface area (Å²) in [6, 6.07) is 13.1. The van der Waals surface area contributed by atoms with Crippen molar-refractivity contribution < 1.29 is 14.0 Å². The number of nitrogens with zero attached hydrogens (tertiary/aromatic N) is 3. The second kappa shape index (κ2) is 7.70. The van der Waals surface area contributed by atoms with Crippen molar-refractivity contribution in [2.24, 2.45) is 0 Å². The maximum Gasteiger partial charge on any atom is 0.282 e. The molecule has 2 aromatic carbocycles. The summed E-state index contributed by atoms with van der Waals surface area (Å²) in [4.78, 5) is 32.1. The SMILES string of the molecule is CN(C)c1cccc(N2C(=O)C(c3ccc(F)cc3)=C(N3CCCCC3)C2=O)c1. The zero-order valence-corrected chi connectivity index (χ0v) is 16.7. The standard InChI is InChI=1S/C23H24FN3O2/c1-25(2)18-7-6-8-19(15-18)27-22(28)20(16-9-11-17(24)12-10-16)21(23(27)29)26-13-4-3-5-14-26/h6-12,15H,3-5,13-14H2,1-2H3. The molecule has 5 nitrogen and oxygen atoms in total. The van der Waals surface area contributed by atoms with Crippen molar-refractivity contribution in [3.8, 4) is 0 Å². The van der Waals surface area contributed by atoms with E-state index in [1.54, 1.807) is 18.2 Å². The molecule has 150 valence electrons. The van der Waals surface area contributed by atoms with E-state index >= 15 is 0 Å². The third kappa shape index (κ3) is 3.50. The van der Waals surface area contributed by atoms with Crippen LogP contribution in [0.25, 0.3) is 5.57 Å². The summed E-state index contributed by atoms with van der Waals surface area (Å²) >= 11 is 0. The second-order valence-electron chi connectivity index (χ2n) is 7.64. The van der Waals surface area contributed by atoms with Crippen molar-refractivity contribution >= 4 is 28.8 Å². The van der Waals surface area contributed by atoms with Gasteiger partial charge in [0.1, 0.15) is 11.5 Å². The Kier molecular flexibility index (Phi) is 5.09. The summed E-state index contributed by atoms with van der Waals surface area (Å²) in [7, 11) is 3.82. The number of rotatable bonds is 4. The first-order valence-corrected chi connectivity index (χ1v) is 9.88. The van der Waals surface area contributed by atoms with Gasteiger partial charge < -0.3 is 9.80 Å². The number of halogens is 1. The number of imide groups is 1. The van der Waals surface area contributed by atoms with Crippen LogP contribution in [0.15, 0.2) is 54.2 Å². The fourth-order valence-corrected chi connectivity index (χ4v) is 3.95. The average molecular weight is 393 g/mol. The van der Waals surface area contributed by atoms with E-state index in [1.807, 2.05) is 42.1 Å². The van der Waals surface area contributed by atoms with E-state index in [0.717, 1.165) is 38.0 Å². The van der Waals surface area contributed by atoms with Crippen molar-refractivity contribution in [2.75, 3.05) is 37.0 Å². The van der Waals surface area contributed by atoms with E-state index < -0.39 is 0 Å². The van der Waals surface area contributed by atoms with Gasteiger partial charge in [-0.1, -0.05) is 18.2 Å². The fraction of sp³-hybridized carbons (Fsp3) is 0.304. The number of anilines is 2. The molecule has 2 aromatic rings. The molecule has 0 unspecified atom stereocenters. The summed E-state index contributed by atoms with van der Waals surface area (Å²) in [5.41, 5.74) is 2.79. The normalized spacial score (nSPS) is 17.3. The van der Waals surface area contributed by atoms with Gasteiger partial charge in [-0.05, 0) is 55.2 Å². The van der Waals surface area contributed by atoms with E-state index in [4.69, 9.17) is 0 Å². The number of benzene rings is 2. The largest absolute Gasteiger partial charge is 0.378 e. The molecule has 0 atom stereocenters. The topological polar surface area (TPSA) is 43.9 Å². The van der Waals surface area contributed by atoms with Crippen LogP contribution in [-0.2, 0) is 9.59 Å². The monoisotopic (exact) mass is 393 g/mol. The van der Waals surface area contributed by atoms with Crippen LogP contribution < -0.4 is 9.80 Å². The lowest BCUT2D eigenvalue weighted by atomic mass is 10.0. The molecule has 0 spiro atoms.